The van der Waals surface area contributed by atoms with Gasteiger partial charge in [0, 0.05) is 5.02 Å². The van der Waals surface area contributed by atoms with Gasteiger partial charge in [0.15, 0.2) is 11.5 Å². The minimum absolute atomic E-state index is 0.120. The zero-order chi connectivity index (χ0) is 25.8. The zero-order valence-electron chi connectivity index (χ0n) is 19.5. The van der Waals surface area contributed by atoms with Crippen LogP contribution in [0.1, 0.15) is 23.6 Å². The first-order chi connectivity index (χ1) is 17.3. The summed E-state index contributed by atoms with van der Waals surface area (Å²) < 4.78 is 24.9. The Balaban J connectivity index is 1.62. The first-order valence-electron chi connectivity index (χ1n) is 11.1. The highest BCUT2D eigenvalue weighted by atomic mass is 35.5. The van der Waals surface area contributed by atoms with Gasteiger partial charge in [-0.2, -0.15) is 0 Å². The van der Waals surface area contributed by atoms with Crippen LogP contribution < -0.4 is 19.7 Å². The topological polar surface area (TPSA) is 84.9 Å². The largest absolute Gasteiger partial charge is 0.490 e. The van der Waals surface area contributed by atoms with E-state index in [9.17, 15) is 18.8 Å². The lowest BCUT2D eigenvalue weighted by atomic mass is 10.1. The van der Waals surface area contributed by atoms with Gasteiger partial charge in [-0.1, -0.05) is 35.9 Å². The molecule has 7 nitrogen and oxygen atoms in total. The van der Waals surface area contributed by atoms with E-state index in [1.54, 1.807) is 56.3 Å². The number of aryl methyl sites for hydroxylation is 1. The normalized spacial score (nSPS) is 14.7. The molecule has 0 aliphatic carbocycles. The van der Waals surface area contributed by atoms with Crippen molar-refractivity contribution in [2.45, 2.75) is 20.5 Å². The highest BCUT2D eigenvalue weighted by molar-refractivity contribution is 6.39. The number of carbonyl (C=O) groups excluding carboxylic acids is 3. The van der Waals surface area contributed by atoms with Crippen molar-refractivity contribution >= 4 is 41.2 Å². The number of rotatable bonds is 7. The number of ether oxygens (including phenoxy) is 2. The lowest BCUT2D eigenvalue weighted by molar-refractivity contribution is -0.122. The number of nitrogens with one attached hydrogen (secondary N) is 1. The van der Waals surface area contributed by atoms with E-state index in [1.807, 2.05) is 0 Å². The van der Waals surface area contributed by atoms with Gasteiger partial charge in [0.25, 0.3) is 11.8 Å². The molecular weight excluding hydrogens is 487 g/mol. The predicted octanol–water partition coefficient (Wildman–Crippen LogP) is 5.43. The van der Waals surface area contributed by atoms with Crippen molar-refractivity contribution in [3.8, 4) is 11.5 Å². The molecule has 0 unspecified atom stereocenters. The van der Waals surface area contributed by atoms with Crippen molar-refractivity contribution < 1.29 is 28.2 Å². The number of carbonyl (C=O) groups is 3. The number of anilines is 1. The molecule has 4 rings (SSSR count). The number of halogens is 2. The van der Waals surface area contributed by atoms with E-state index < -0.39 is 17.8 Å². The first-order valence-corrected chi connectivity index (χ1v) is 11.5. The van der Waals surface area contributed by atoms with Crippen molar-refractivity contribution in [2.75, 3.05) is 11.5 Å². The number of benzene rings is 3. The molecule has 0 spiro atoms. The molecule has 36 heavy (non-hydrogen) atoms. The summed E-state index contributed by atoms with van der Waals surface area (Å²) >= 11 is 6.16. The molecule has 1 aliphatic rings. The van der Waals surface area contributed by atoms with Gasteiger partial charge in [-0.05, 0) is 73.0 Å². The quantitative estimate of drug-likeness (QED) is 0.340. The fraction of sp³-hybridized carbons (Fsp3) is 0.148. The Kier molecular flexibility index (Phi) is 7.36. The van der Waals surface area contributed by atoms with Gasteiger partial charge >= 0.3 is 6.03 Å². The molecule has 1 fully saturated rings. The first kappa shape index (κ1) is 24.9. The Hall–Kier alpha value is -4.17. The molecule has 3 aromatic carbocycles. The average Bonchev–Trinajstić information content (AvgIpc) is 2.83. The maximum atomic E-state index is 13.5. The van der Waals surface area contributed by atoms with E-state index in [4.69, 9.17) is 21.1 Å². The Morgan fingerprint density at radius 2 is 1.81 bits per heavy atom. The predicted molar refractivity (Wildman–Crippen MR) is 134 cm³/mol. The van der Waals surface area contributed by atoms with Gasteiger partial charge in [0.1, 0.15) is 18.0 Å². The van der Waals surface area contributed by atoms with Gasteiger partial charge in [-0.3, -0.25) is 14.9 Å². The Morgan fingerprint density at radius 3 is 2.53 bits per heavy atom. The summed E-state index contributed by atoms with van der Waals surface area (Å²) in [5, 5.41) is 2.57. The molecule has 0 radical (unpaired) electrons. The van der Waals surface area contributed by atoms with Gasteiger partial charge < -0.3 is 9.47 Å². The lowest BCUT2D eigenvalue weighted by Crippen LogP contribution is -2.54. The summed E-state index contributed by atoms with van der Waals surface area (Å²) in [6, 6.07) is 14.8. The van der Waals surface area contributed by atoms with Gasteiger partial charge in [-0.15, -0.1) is 0 Å². The number of imide groups is 2. The fourth-order valence-corrected chi connectivity index (χ4v) is 3.74. The zero-order valence-corrected chi connectivity index (χ0v) is 20.3. The number of hydrogen-bond donors (Lipinski definition) is 1. The van der Waals surface area contributed by atoms with Crippen LogP contribution in [0.5, 0.6) is 11.5 Å². The van der Waals surface area contributed by atoms with Crippen LogP contribution in [0.4, 0.5) is 14.9 Å². The lowest BCUT2D eigenvalue weighted by Gasteiger charge is -2.26. The molecule has 184 valence electrons. The van der Waals surface area contributed by atoms with E-state index in [0.29, 0.717) is 34.3 Å². The average molecular weight is 509 g/mol. The molecule has 0 saturated carbocycles. The van der Waals surface area contributed by atoms with Crippen LogP contribution in [0, 0.1) is 12.7 Å². The van der Waals surface area contributed by atoms with E-state index in [-0.39, 0.29) is 23.7 Å². The van der Waals surface area contributed by atoms with Crippen LogP contribution in [0.25, 0.3) is 6.08 Å². The van der Waals surface area contributed by atoms with Gasteiger partial charge in [0.05, 0.1) is 12.3 Å². The monoisotopic (exact) mass is 508 g/mol. The van der Waals surface area contributed by atoms with Crippen molar-refractivity contribution in [1.29, 1.82) is 0 Å². The maximum Gasteiger partial charge on any atom is 0.335 e. The molecular formula is C27H22ClFN2O5. The number of hydrogen-bond acceptors (Lipinski definition) is 5. The maximum absolute atomic E-state index is 13.5. The van der Waals surface area contributed by atoms with Crippen molar-refractivity contribution in [2.24, 2.45) is 0 Å². The van der Waals surface area contributed by atoms with Crippen LogP contribution in [0.15, 0.2) is 66.2 Å². The summed E-state index contributed by atoms with van der Waals surface area (Å²) in [5.41, 5.74) is 1.91. The summed E-state index contributed by atoms with van der Waals surface area (Å²) in [6.07, 6.45) is 1.37. The Morgan fingerprint density at radius 1 is 1.00 bits per heavy atom. The molecule has 1 heterocycles. The van der Waals surface area contributed by atoms with Crippen LogP contribution in [-0.2, 0) is 16.2 Å². The molecule has 0 atom stereocenters. The molecule has 0 aromatic heterocycles. The molecule has 0 bridgehead atoms. The molecule has 1 N–H and O–H groups in total. The third kappa shape index (κ3) is 5.39. The van der Waals surface area contributed by atoms with E-state index >= 15 is 0 Å². The fourth-order valence-electron chi connectivity index (χ4n) is 3.57. The molecule has 1 aliphatic heterocycles. The summed E-state index contributed by atoms with van der Waals surface area (Å²) in [6.45, 7) is 4.05. The van der Waals surface area contributed by atoms with Crippen LogP contribution in [0.3, 0.4) is 0 Å². The van der Waals surface area contributed by atoms with Gasteiger partial charge in [0.2, 0.25) is 0 Å². The Labute approximate surface area is 212 Å². The smallest absolute Gasteiger partial charge is 0.335 e. The van der Waals surface area contributed by atoms with E-state index in [0.717, 1.165) is 10.5 Å². The SMILES string of the molecule is CCOc1cc(/C=C2/C(=O)NC(=O)N(c3ccc(C)c(Cl)c3)C2=O)ccc1OCc1cccc(F)c1. The van der Waals surface area contributed by atoms with Crippen LogP contribution >= 0.6 is 11.6 Å². The highest BCUT2D eigenvalue weighted by Crippen LogP contribution is 2.31. The van der Waals surface area contributed by atoms with Crippen LogP contribution in [0.2, 0.25) is 5.02 Å². The van der Waals surface area contributed by atoms with E-state index in [2.05, 4.69) is 5.32 Å². The number of urea groups is 1. The number of amides is 4. The van der Waals surface area contributed by atoms with Crippen molar-refractivity contribution in [1.82, 2.24) is 5.32 Å². The van der Waals surface area contributed by atoms with Crippen LogP contribution in [-0.4, -0.2) is 24.5 Å². The molecule has 4 amide bonds. The van der Waals surface area contributed by atoms with E-state index in [1.165, 1.54) is 24.3 Å². The van der Waals surface area contributed by atoms with Gasteiger partial charge in [-0.25, -0.2) is 14.1 Å². The second-order valence-corrected chi connectivity index (χ2v) is 8.36. The highest BCUT2D eigenvalue weighted by Gasteiger charge is 2.37. The minimum Gasteiger partial charge on any atom is -0.490 e. The second kappa shape index (κ2) is 10.6. The molecule has 1 saturated heterocycles. The van der Waals surface area contributed by atoms with Crippen molar-refractivity contribution in [3.63, 3.8) is 0 Å². The molecule has 3 aromatic rings. The number of barbiturate groups is 1. The standard InChI is InChI=1S/C27H22ClFN2O5/c1-3-35-24-13-17(8-10-23(24)36-15-18-5-4-6-19(29)11-18)12-21-25(32)30-27(34)31(26(21)33)20-9-7-16(2)22(28)14-20/h4-14H,3,15H2,1-2H3,(H,30,32,34)/b21-12-. The third-order valence-corrected chi connectivity index (χ3v) is 5.78. The second-order valence-electron chi connectivity index (χ2n) is 7.95. The minimum atomic E-state index is -0.863. The van der Waals surface area contributed by atoms with Crippen molar-refractivity contribution in [3.05, 3.63) is 93.8 Å². The Bertz CT molecular complexity index is 1390. The molecule has 9 heteroatoms. The summed E-state index contributed by atoms with van der Waals surface area (Å²) in [4.78, 5) is 39.0. The number of nitrogens with zero attached hydrogens (tertiary/aromatic N) is 1. The summed E-state index contributed by atoms with van der Waals surface area (Å²) in [7, 11) is 0. The third-order valence-electron chi connectivity index (χ3n) is 5.38. The summed E-state index contributed by atoms with van der Waals surface area (Å²) in [5.74, 6) is -1.17.